The summed E-state index contributed by atoms with van der Waals surface area (Å²) in [6.45, 7) is 3.36. The Balaban J connectivity index is 2.96. The van der Waals surface area contributed by atoms with E-state index in [0.717, 1.165) is 6.07 Å². The molecule has 0 aliphatic heterocycles. The number of nitrogens with one attached hydrogen (secondary N) is 1. The van der Waals surface area contributed by atoms with Crippen LogP contribution in [0.25, 0.3) is 0 Å². The average Bonchev–Trinajstić information content (AvgIpc) is 2.26. The number of nitrogens with two attached hydrogens (primary N) is 1. The minimum atomic E-state index is -4.48. The van der Waals surface area contributed by atoms with Crippen LogP contribution in [0.2, 0.25) is 0 Å². The van der Waals surface area contributed by atoms with Crippen molar-refractivity contribution in [2.45, 2.75) is 32.0 Å². The Morgan fingerprint density at radius 2 is 1.94 bits per heavy atom. The first-order chi connectivity index (χ1) is 8.15. The lowest BCUT2D eigenvalue weighted by molar-refractivity contribution is -0.136. The van der Waals surface area contributed by atoms with E-state index < -0.39 is 17.3 Å². The van der Waals surface area contributed by atoms with Crippen molar-refractivity contribution in [2.24, 2.45) is 0 Å². The van der Waals surface area contributed by atoms with Gasteiger partial charge in [0.1, 0.15) is 0 Å². The fourth-order valence-corrected chi connectivity index (χ4v) is 1.36. The molecule has 4 N–H and O–H groups in total. The van der Waals surface area contributed by atoms with E-state index in [4.69, 9.17) is 5.73 Å². The van der Waals surface area contributed by atoms with Gasteiger partial charge < -0.3 is 16.2 Å². The van der Waals surface area contributed by atoms with Crippen molar-refractivity contribution in [3.8, 4) is 0 Å². The van der Waals surface area contributed by atoms with E-state index in [9.17, 15) is 18.3 Å². The van der Waals surface area contributed by atoms with Crippen LogP contribution in [0.1, 0.15) is 25.8 Å². The van der Waals surface area contributed by atoms with Gasteiger partial charge in [-0.1, -0.05) is 6.92 Å². The van der Waals surface area contributed by atoms with E-state index in [1.54, 1.807) is 13.8 Å². The van der Waals surface area contributed by atoms with E-state index in [1.165, 1.54) is 12.1 Å². The largest absolute Gasteiger partial charge is 0.418 e. The molecule has 0 amide bonds. The summed E-state index contributed by atoms with van der Waals surface area (Å²) in [6, 6.07) is 3.53. The molecule has 6 heteroatoms. The first-order valence-corrected chi connectivity index (χ1v) is 5.59. The Labute approximate surface area is 104 Å². The molecular formula is C12H17F3N2O. The maximum atomic E-state index is 12.8. The van der Waals surface area contributed by atoms with Gasteiger partial charge in [0.2, 0.25) is 0 Å². The van der Waals surface area contributed by atoms with E-state index >= 15 is 0 Å². The Kier molecular flexibility index (Phi) is 4.11. The third-order valence-electron chi connectivity index (χ3n) is 2.77. The first-order valence-electron chi connectivity index (χ1n) is 5.59. The highest BCUT2D eigenvalue weighted by molar-refractivity contribution is 5.59. The summed E-state index contributed by atoms with van der Waals surface area (Å²) in [5.74, 6) is 0. The van der Waals surface area contributed by atoms with Crippen LogP contribution in [-0.2, 0) is 6.18 Å². The van der Waals surface area contributed by atoms with Gasteiger partial charge in [0.05, 0.1) is 11.2 Å². The number of alkyl halides is 3. The molecule has 1 aromatic carbocycles. The van der Waals surface area contributed by atoms with Crippen LogP contribution in [-0.4, -0.2) is 17.3 Å². The third-order valence-corrected chi connectivity index (χ3v) is 2.77. The van der Waals surface area contributed by atoms with Gasteiger partial charge in [-0.3, -0.25) is 0 Å². The van der Waals surface area contributed by atoms with E-state index in [0.29, 0.717) is 6.42 Å². The van der Waals surface area contributed by atoms with Crippen LogP contribution in [0.5, 0.6) is 0 Å². The second kappa shape index (κ2) is 5.06. The molecule has 0 radical (unpaired) electrons. The minimum Gasteiger partial charge on any atom is -0.399 e. The second-order valence-electron chi connectivity index (χ2n) is 4.51. The lowest BCUT2D eigenvalue weighted by Crippen LogP contribution is -2.33. The summed E-state index contributed by atoms with van der Waals surface area (Å²) in [7, 11) is 0. The number of aliphatic hydroxyl groups is 1. The monoisotopic (exact) mass is 262 g/mol. The molecule has 0 aliphatic carbocycles. The molecule has 18 heavy (non-hydrogen) atoms. The summed E-state index contributed by atoms with van der Waals surface area (Å²) in [6.07, 6.45) is -4.04. The summed E-state index contributed by atoms with van der Waals surface area (Å²) in [5.41, 5.74) is 3.45. The summed E-state index contributed by atoms with van der Waals surface area (Å²) in [4.78, 5) is 0. The second-order valence-corrected chi connectivity index (χ2v) is 4.51. The molecular weight excluding hydrogens is 245 g/mol. The van der Waals surface area contributed by atoms with Crippen molar-refractivity contribution >= 4 is 11.4 Å². The Morgan fingerprint density at radius 3 is 2.44 bits per heavy atom. The van der Waals surface area contributed by atoms with Crippen molar-refractivity contribution in [3.05, 3.63) is 23.8 Å². The van der Waals surface area contributed by atoms with Gasteiger partial charge in [0, 0.05) is 17.9 Å². The Hall–Kier alpha value is -1.43. The predicted octanol–water partition coefficient (Wildman–Crippen LogP) is 2.86. The molecule has 0 heterocycles. The average molecular weight is 262 g/mol. The molecule has 0 aromatic heterocycles. The van der Waals surface area contributed by atoms with E-state index in [-0.39, 0.29) is 17.9 Å². The van der Waals surface area contributed by atoms with Gasteiger partial charge in [-0.25, -0.2) is 0 Å². The first kappa shape index (κ1) is 14.6. The number of halogens is 3. The molecule has 1 aromatic rings. The maximum absolute atomic E-state index is 12.8. The molecule has 0 aliphatic rings. The van der Waals surface area contributed by atoms with E-state index in [1.807, 2.05) is 0 Å². The zero-order valence-electron chi connectivity index (χ0n) is 10.3. The SMILES string of the molecule is CCC(C)(O)CNc1ccc(N)cc1C(F)(F)F. The maximum Gasteiger partial charge on any atom is 0.418 e. The van der Waals surface area contributed by atoms with Crippen LogP contribution in [0.4, 0.5) is 24.5 Å². The molecule has 1 rings (SSSR count). The van der Waals surface area contributed by atoms with E-state index in [2.05, 4.69) is 5.32 Å². The van der Waals surface area contributed by atoms with Crippen molar-refractivity contribution in [2.75, 3.05) is 17.6 Å². The number of rotatable bonds is 4. The van der Waals surface area contributed by atoms with Crippen LogP contribution in [0.3, 0.4) is 0 Å². The summed E-state index contributed by atoms with van der Waals surface area (Å²) < 4.78 is 38.3. The number of hydrogen-bond donors (Lipinski definition) is 3. The zero-order valence-corrected chi connectivity index (χ0v) is 10.3. The molecule has 0 fully saturated rings. The Bertz CT molecular complexity index is 416. The van der Waals surface area contributed by atoms with Gasteiger partial charge in [-0.15, -0.1) is 0 Å². The molecule has 1 unspecified atom stereocenters. The number of anilines is 2. The molecule has 0 bridgehead atoms. The summed E-state index contributed by atoms with van der Waals surface area (Å²) in [5, 5.41) is 12.4. The molecule has 102 valence electrons. The van der Waals surface area contributed by atoms with Crippen LogP contribution in [0, 0.1) is 0 Å². The topological polar surface area (TPSA) is 58.3 Å². The lowest BCUT2D eigenvalue weighted by Gasteiger charge is -2.24. The minimum absolute atomic E-state index is 0.0382. The highest BCUT2D eigenvalue weighted by Gasteiger charge is 2.34. The van der Waals surface area contributed by atoms with Crippen molar-refractivity contribution in [3.63, 3.8) is 0 Å². The van der Waals surface area contributed by atoms with Crippen molar-refractivity contribution in [1.29, 1.82) is 0 Å². The lowest BCUT2D eigenvalue weighted by atomic mass is 10.0. The zero-order chi connectivity index (χ0) is 14.0. The fourth-order valence-electron chi connectivity index (χ4n) is 1.36. The number of hydrogen-bond acceptors (Lipinski definition) is 3. The van der Waals surface area contributed by atoms with Gasteiger partial charge >= 0.3 is 6.18 Å². The predicted molar refractivity (Wildman–Crippen MR) is 65.3 cm³/mol. The molecule has 0 saturated carbocycles. The molecule has 3 nitrogen and oxygen atoms in total. The summed E-state index contributed by atoms with van der Waals surface area (Å²) >= 11 is 0. The van der Waals surface area contributed by atoms with Gasteiger partial charge in [-0.05, 0) is 31.5 Å². The number of benzene rings is 1. The highest BCUT2D eigenvalue weighted by atomic mass is 19.4. The van der Waals surface area contributed by atoms with Crippen LogP contribution in [0.15, 0.2) is 18.2 Å². The smallest absolute Gasteiger partial charge is 0.399 e. The molecule has 0 spiro atoms. The molecule has 0 saturated heterocycles. The van der Waals surface area contributed by atoms with Crippen molar-refractivity contribution < 1.29 is 18.3 Å². The highest BCUT2D eigenvalue weighted by Crippen LogP contribution is 2.36. The standard InChI is InChI=1S/C12H17F3N2O/c1-3-11(2,18)7-17-10-5-4-8(16)6-9(10)12(13,14)15/h4-6,17-18H,3,7,16H2,1-2H3. The quantitative estimate of drug-likeness (QED) is 0.731. The molecule has 1 atom stereocenters. The number of nitrogen functional groups attached to an aromatic ring is 1. The van der Waals surface area contributed by atoms with Crippen LogP contribution >= 0.6 is 0 Å². The van der Waals surface area contributed by atoms with Gasteiger partial charge in [-0.2, -0.15) is 13.2 Å². The van der Waals surface area contributed by atoms with Gasteiger partial charge in [0.25, 0.3) is 0 Å². The van der Waals surface area contributed by atoms with Crippen molar-refractivity contribution in [1.82, 2.24) is 0 Å². The normalized spacial score (nSPS) is 15.2. The Morgan fingerprint density at radius 1 is 1.33 bits per heavy atom. The van der Waals surface area contributed by atoms with Gasteiger partial charge in [0.15, 0.2) is 0 Å². The fraction of sp³-hybridized carbons (Fsp3) is 0.500. The van der Waals surface area contributed by atoms with Crippen LogP contribution < -0.4 is 11.1 Å². The third kappa shape index (κ3) is 3.80.